The minimum absolute atomic E-state index is 0.0894. The Balaban J connectivity index is 1.85. The van der Waals surface area contributed by atoms with E-state index in [1.54, 1.807) is 24.3 Å². The van der Waals surface area contributed by atoms with Crippen molar-refractivity contribution in [2.45, 2.75) is 20.4 Å². The zero-order valence-corrected chi connectivity index (χ0v) is 13.1. The molecule has 0 saturated heterocycles. The molecule has 24 heavy (non-hydrogen) atoms. The minimum Gasteiger partial charge on any atom is -0.294 e. The quantitative estimate of drug-likeness (QED) is 0.588. The first-order chi connectivity index (χ1) is 11.5. The number of benzene rings is 1. The second-order valence-electron chi connectivity index (χ2n) is 5.68. The van der Waals surface area contributed by atoms with Crippen molar-refractivity contribution in [3.63, 3.8) is 0 Å². The van der Waals surface area contributed by atoms with Crippen molar-refractivity contribution in [2.75, 3.05) is 0 Å². The molecule has 4 rings (SSSR count). The number of hydrogen-bond donors (Lipinski definition) is 1. The first kappa shape index (κ1) is 14.3. The number of aryl methyl sites for hydroxylation is 2. The molecule has 3 heterocycles. The molecule has 8 nitrogen and oxygen atoms in total. The molecule has 0 bridgehead atoms. The van der Waals surface area contributed by atoms with Gasteiger partial charge in [-0.2, -0.15) is 0 Å². The lowest BCUT2D eigenvalue weighted by Crippen LogP contribution is -2.26. The van der Waals surface area contributed by atoms with Gasteiger partial charge in [0.15, 0.2) is 5.65 Å². The van der Waals surface area contributed by atoms with Crippen LogP contribution in [-0.2, 0) is 6.54 Å². The lowest BCUT2D eigenvalue weighted by molar-refractivity contribution is 0.591. The van der Waals surface area contributed by atoms with E-state index in [9.17, 15) is 9.59 Å². The highest BCUT2D eigenvalue weighted by atomic mass is 16.1. The number of hydrogen-bond acceptors (Lipinski definition) is 5. The molecule has 3 aromatic heterocycles. The fourth-order valence-corrected chi connectivity index (χ4v) is 2.67. The van der Waals surface area contributed by atoms with Gasteiger partial charge in [-0.1, -0.05) is 17.3 Å². The van der Waals surface area contributed by atoms with Crippen molar-refractivity contribution in [1.29, 1.82) is 0 Å². The van der Waals surface area contributed by atoms with E-state index in [-0.39, 0.29) is 17.7 Å². The van der Waals surface area contributed by atoms with E-state index < -0.39 is 0 Å². The Morgan fingerprint density at radius 2 is 1.96 bits per heavy atom. The maximum atomic E-state index is 12.5. The molecule has 0 aliphatic carbocycles. The van der Waals surface area contributed by atoms with Gasteiger partial charge < -0.3 is 0 Å². The number of aromatic nitrogens is 6. The van der Waals surface area contributed by atoms with Gasteiger partial charge in [0, 0.05) is 17.3 Å². The van der Waals surface area contributed by atoms with E-state index in [0.29, 0.717) is 22.2 Å². The molecule has 0 unspecified atom stereocenters. The highest BCUT2D eigenvalue weighted by Crippen LogP contribution is 2.10. The summed E-state index contributed by atoms with van der Waals surface area (Å²) in [5.74, 6) is 0. The van der Waals surface area contributed by atoms with Gasteiger partial charge >= 0.3 is 0 Å². The molecule has 0 spiro atoms. The molecule has 0 aliphatic rings. The van der Waals surface area contributed by atoms with E-state index >= 15 is 0 Å². The molecule has 120 valence electrons. The molecule has 0 atom stereocenters. The van der Waals surface area contributed by atoms with Crippen LogP contribution < -0.4 is 11.1 Å². The maximum Gasteiger partial charge on any atom is 0.277 e. The van der Waals surface area contributed by atoms with E-state index in [1.165, 1.54) is 15.3 Å². The highest BCUT2D eigenvalue weighted by Gasteiger charge is 2.11. The number of rotatable bonds is 2. The second kappa shape index (κ2) is 5.12. The number of aromatic amines is 1. The van der Waals surface area contributed by atoms with Crippen LogP contribution in [0.5, 0.6) is 0 Å². The fraction of sp³-hybridized carbons (Fsp3) is 0.188. The van der Waals surface area contributed by atoms with Crippen molar-refractivity contribution in [3.05, 3.63) is 68.0 Å². The Morgan fingerprint density at radius 3 is 2.79 bits per heavy atom. The summed E-state index contributed by atoms with van der Waals surface area (Å²) in [6, 6.07) is 8.41. The number of H-pyrrole nitrogens is 1. The van der Waals surface area contributed by atoms with Crippen LogP contribution >= 0.6 is 0 Å². The van der Waals surface area contributed by atoms with Crippen LogP contribution in [0.1, 0.15) is 17.0 Å². The van der Waals surface area contributed by atoms with Gasteiger partial charge in [0.2, 0.25) is 0 Å². The Labute approximate surface area is 135 Å². The Hall–Kier alpha value is -3.29. The van der Waals surface area contributed by atoms with E-state index in [1.807, 2.05) is 13.8 Å². The summed E-state index contributed by atoms with van der Waals surface area (Å²) in [4.78, 5) is 29.2. The standard InChI is InChI=1S/C16H14N6O2/c1-9-10(2)19-22-14(23)7-11(17-15(9)22)8-21-16(24)12-5-3-4-6-13(12)18-20-21/h3-7,19H,8H2,1-2H3. The summed E-state index contributed by atoms with van der Waals surface area (Å²) in [6.07, 6.45) is 0. The Bertz CT molecular complexity index is 1200. The lowest BCUT2D eigenvalue weighted by Gasteiger charge is -2.05. The topological polar surface area (TPSA) is 97.9 Å². The first-order valence-corrected chi connectivity index (χ1v) is 7.45. The van der Waals surface area contributed by atoms with E-state index in [0.717, 1.165) is 11.3 Å². The normalized spacial score (nSPS) is 11.4. The van der Waals surface area contributed by atoms with Crippen LogP contribution in [0.25, 0.3) is 16.6 Å². The minimum atomic E-state index is -0.260. The third-order valence-electron chi connectivity index (χ3n) is 4.09. The van der Waals surface area contributed by atoms with Crippen molar-refractivity contribution in [3.8, 4) is 0 Å². The predicted molar refractivity (Wildman–Crippen MR) is 88.2 cm³/mol. The van der Waals surface area contributed by atoms with Gasteiger partial charge in [0.25, 0.3) is 11.1 Å². The molecule has 1 aromatic carbocycles. The summed E-state index contributed by atoms with van der Waals surface area (Å²) in [5.41, 5.74) is 2.84. The first-order valence-electron chi connectivity index (χ1n) is 7.45. The van der Waals surface area contributed by atoms with Crippen LogP contribution in [-0.4, -0.2) is 29.6 Å². The molecule has 0 amide bonds. The second-order valence-corrected chi connectivity index (χ2v) is 5.68. The highest BCUT2D eigenvalue weighted by molar-refractivity contribution is 5.76. The molecular weight excluding hydrogens is 308 g/mol. The van der Waals surface area contributed by atoms with Gasteiger partial charge in [-0.05, 0) is 26.0 Å². The molecule has 8 heteroatoms. The molecule has 0 saturated carbocycles. The van der Waals surface area contributed by atoms with Crippen LogP contribution in [0.15, 0.2) is 39.9 Å². The smallest absolute Gasteiger partial charge is 0.277 e. The largest absolute Gasteiger partial charge is 0.294 e. The third kappa shape index (κ3) is 2.11. The molecular formula is C16H14N6O2. The number of nitrogens with one attached hydrogen (secondary N) is 1. The monoisotopic (exact) mass is 322 g/mol. The number of fused-ring (bicyclic) bond motifs is 2. The average Bonchev–Trinajstić information content (AvgIpc) is 2.87. The molecule has 4 aromatic rings. The van der Waals surface area contributed by atoms with Crippen LogP contribution in [0, 0.1) is 13.8 Å². The number of nitrogens with zero attached hydrogens (tertiary/aromatic N) is 5. The maximum absolute atomic E-state index is 12.5. The van der Waals surface area contributed by atoms with Crippen molar-refractivity contribution in [1.82, 2.24) is 29.6 Å². The summed E-state index contributed by atoms with van der Waals surface area (Å²) in [6.45, 7) is 3.86. The van der Waals surface area contributed by atoms with Crippen molar-refractivity contribution >= 4 is 16.6 Å². The third-order valence-corrected chi connectivity index (χ3v) is 4.09. The zero-order chi connectivity index (χ0) is 16.8. The fourth-order valence-electron chi connectivity index (χ4n) is 2.67. The van der Waals surface area contributed by atoms with Gasteiger partial charge in [-0.15, -0.1) is 5.10 Å². The SMILES string of the molecule is Cc1[nH]n2c(=O)cc(Cn3nnc4ccccc4c3=O)nc2c1C. The summed E-state index contributed by atoms with van der Waals surface area (Å²) < 4.78 is 2.61. The van der Waals surface area contributed by atoms with Gasteiger partial charge in [0.05, 0.1) is 17.6 Å². The van der Waals surface area contributed by atoms with Crippen LogP contribution in [0.4, 0.5) is 0 Å². The van der Waals surface area contributed by atoms with Crippen LogP contribution in [0.2, 0.25) is 0 Å². The predicted octanol–water partition coefficient (Wildman–Crippen LogP) is 0.793. The average molecular weight is 322 g/mol. The Kier molecular flexibility index (Phi) is 3.05. The summed E-state index contributed by atoms with van der Waals surface area (Å²) in [7, 11) is 0. The van der Waals surface area contributed by atoms with E-state index in [2.05, 4.69) is 20.4 Å². The van der Waals surface area contributed by atoms with E-state index in [4.69, 9.17) is 0 Å². The molecule has 0 radical (unpaired) electrons. The van der Waals surface area contributed by atoms with Gasteiger partial charge in [-0.25, -0.2) is 14.2 Å². The Morgan fingerprint density at radius 1 is 1.17 bits per heavy atom. The molecule has 1 N–H and O–H groups in total. The van der Waals surface area contributed by atoms with Crippen molar-refractivity contribution in [2.24, 2.45) is 0 Å². The summed E-state index contributed by atoms with van der Waals surface area (Å²) in [5, 5.41) is 11.4. The molecule has 0 fully saturated rings. The van der Waals surface area contributed by atoms with Crippen molar-refractivity contribution < 1.29 is 0 Å². The van der Waals surface area contributed by atoms with Crippen LogP contribution in [0.3, 0.4) is 0 Å². The molecule has 0 aliphatic heterocycles. The summed E-state index contributed by atoms with van der Waals surface area (Å²) >= 11 is 0. The zero-order valence-electron chi connectivity index (χ0n) is 13.1. The van der Waals surface area contributed by atoms with Gasteiger partial charge in [0.1, 0.15) is 5.52 Å². The lowest BCUT2D eigenvalue weighted by atomic mass is 10.2. The van der Waals surface area contributed by atoms with Gasteiger partial charge in [-0.3, -0.25) is 14.7 Å².